The minimum atomic E-state index is 0.123. The van der Waals surface area contributed by atoms with Gasteiger partial charge in [0.1, 0.15) is 0 Å². The highest BCUT2D eigenvalue weighted by Crippen LogP contribution is 2.37. The van der Waals surface area contributed by atoms with Gasteiger partial charge >= 0.3 is 0 Å². The molecule has 0 aromatic carbocycles. The minimum Gasteiger partial charge on any atom is -0.394 e. The van der Waals surface area contributed by atoms with Gasteiger partial charge in [-0.2, -0.15) is 0 Å². The largest absolute Gasteiger partial charge is 0.394 e. The zero-order chi connectivity index (χ0) is 10.7. The van der Waals surface area contributed by atoms with Crippen LogP contribution in [0.2, 0.25) is 0 Å². The highest BCUT2D eigenvalue weighted by molar-refractivity contribution is 5.03. The van der Waals surface area contributed by atoms with Crippen molar-refractivity contribution in [3.05, 3.63) is 0 Å². The quantitative estimate of drug-likeness (QED) is 0.732. The van der Waals surface area contributed by atoms with Crippen molar-refractivity contribution in [2.75, 3.05) is 6.61 Å². The summed E-state index contributed by atoms with van der Waals surface area (Å²) in [5.74, 6) is 0.868. The molecule has 88 valence electrons. The molecule has 2 fully saturated rings. The summed E-state index contributed by atoms with van der Waals surface area (Å²) >= 11 is 0. The van der Waals surface area contributed by atoms with E-state index in [1.54, 1.807) is 0 Å². The van der Waals surface area contributed by atoms with Crippen LogP contribution in [0, 0.1) is 5.92 Å². The summed E-state index contributed by atoms with van der Waals surface area (Å²) in [6.45, 7) is 2.61. The van der Waals surface area contributed by atoms with Crippen LogP contribution in [-0.4, -0.2) is 23.3 Å². The zero-order valence-electron chi connectivity index (χ0n) is 9.97. The van der Waals surface area contributed by atoms with Gasteiger partial charge in [0.25, 0.3) is 0 Å². The first-order chi connectivity index (χ1) is 7.29. The topological polar surface area (TPSA) is 32.3 Å². The van der Waals surface area contributed by atoms with E-state index in [-0.39, 0.29) is 5.54 Å². The van der Waals surface area contributed by atoms with Crippen LogP contribution in [0.15, 0.2) is 0 Å². The molecular formula is C13H25NO. The fourth-order valence-electron chi connectivity index (χ4n) is 2.98. The third kappa shape index (κ3) is 2.73. The first-order valence-corrected chi connectivity index (χ1v) is 6.68. The summed E-state index contributed by atoms with van der Waals surface area (Å²) in [6.07, 6.45) is 10.6. The van der Waals surface area contributed by atoms with Crippen LogP contribution in [-0.2, 0) is 0 Å². The Morgan fingerprint density at radius 2 is 1.93 bits per heavy atom. The molecule has 0 radical (unpaired) electrons. The summed E-state index contributed by atoms with van der Waals surface area (Å²) in [5, 5.41) is 13.1. The molecule has 1 atom stereocenters. The van der Waals surface area contributed by atoms with E-state index in [2.05, 4.69) is 12.2 Å². The van der Waals surface area contributed by atoms with Gasteiger partial charge in [0.2, 0.25) is 0 Å². The number of rotatable bonds is 5. The molecule has 0 saturated heterocycles. The molecule has 0 heterocycles. The second-order valence-electron chi connectivity index (χ2n) is 5.50. The van der Waals surface area contributed by atoms with Crippen molar-refractivity contribution < 1.29 is 5.11 Å². The lowest BCUT2D eigenvalue weighted by atomic mass is 9.82. The summed E-state index contributed by atoms with van der Waals surface area (Å²) < 4.78 is 0. The van der Waals surface area contributed by atoms with Crippen LogP contribution in [0.25, 0.3) is 0 Å². The Morgan fingerprint density at radius 3 is 2.40 bits per heavy atom. The average Bonchev–Trinajstić information content (AvgIpc) is 3.08. The molecule has 0 aromatic heterocycles. The Bertz CT molecular complexity index is 195. The highest BCUT2D eigenvalue weighted by atomic mass is 16.3. The van der Waals surface area contributed by atoms with Crippen LogP contribution in [0.1, 0.15) is 58.3 Å². The van der Waals surface area contributed by atoms with Crippen LogP contribution in [0.4, 0.5) is 0 Å². The second-order valence-corrected chi connectivity index (χ2v) is 5.50. The first-order valence-electron chi connectivity index (χ1n) is 6.68. The van der Waals surface area contributed by atoms with Gasteiger partial charge < -0.3 is 10.4 Å². The fourth-order valence-corrected chi connectivity index (χ4v) is 2.98. The standard InChI is InChI=1S/C13H25NO/c1-2-12(11-6-4-3-5-7-11)14-13(10-15)8-9-13/h11-12,14-15H,2-10H2,1H3. The lowest BCUT2D eigenvalue weighted by molar-refractivity contribution is 0.182. The van der Waals surface area contributed by atoms with Crippen molar-refractivity contribution in [1.82, 2.24) is 5.32 Å². The van der Waals surface area contributed by atoms with Crippen LogP contribution in [0.5, 0.6) is 0 Å². The molecule has 0 spiro atoms. The molecule has 2 nitrogen and oxygen atoms in total. The predicted octanol–water partition coefficient (Wildman–Crippen LogP) is 2.46. The smallest absolute Gasteiger partial charge is 0.0613 e. The molecule has 0 aromatic rings. The monoisotopic (exact) mass is 211 g/mol. The van der Waals surface area contributed by atoms with E-state index >= 15 is 0 Å². The number of aliphatic hydroxyl groups is 1. The Kier molecular flexibility index (Phi) is 3.68. The molecule has 0 aliphatic heterocycles. The van der Waals surface area contributed by atoms with Crippen LogP contribution < -0.4 is 5.32 Å². The van der Waals surface area contributed by atoms with Gasteiger partial charge in [0.15, 0.2) is 0 Å². The van der Waals surface area contributed by atoms with E-state index in [0.717, 1.165) is 5.92 Å². The van der Waals surface area contributed by atoms with Gasteiger partial charge in [-0.1, -0.05) is 26.2 Å². The van der Waals surface area contributed by atoms with Crippen molar-refractivity contribution in [1.29, 1.82) is 0 Å². The van der Waals surface area contributed by atoms with E-state index in [0.29, 0.717) is 12.6 Å². The Labute approximate surface area is 93.5 Å². The summed E-state index contributed by atoms with van der Waals surface area (Å²) in [6, 6.07) is 0.653. The molecule has 2 rings (SSSR count). The normalized spacial score (nSPS) is 27.6. The van der Waals surface area contributed by atoms with E-state index < -0.39 is 0 Å². The molecule has 2 heteroatoms. The fraction of sp³-hybridized carbons (Fsp3) is 1.00. The number of hydrogen-bond acceptors (Lipinski definition) is 2. The maximum atomic E-state index is 9.34. The van der Waals surface area contributed by atoms with Gasteiger partial charge in [-0.3, -0.25) is 0 Å². The van der Waals surface area contributed by atoms with Crippen molar-refractivity contribution in [2.45, 2.75) is 69.9 Å². The molecule has 1 unspecified atom stereocenters. The van der Waals surface area contributed by atoms with Crippen molar-refractivity contribution >= 4 is 0 Å². The minimum absolute atomic E-state index is 0.123. The maximum absolute atomic E-state index is 9.34. The molecule has 2 saturated carbocycles. The molecule has 15 heavy (non-hydrogen) atoms. The van der Waals surface area contributed by atoms with E-state index in [1.807, 2.05) is 0 Å². The second kappa shape index (κ2) is 4.84. The van der Waals surface area contributed by atoms with Crippen LogP contribution in [0.3, 0.4) is 0 Å². The molecule has 2 aliphatic rings. The first kappa shape index (κ1) is 11.4. The van der Waals surface area contributed by atoms with Gasteiger partial charge in [-0.05, 0) is 38.0 Å². The van der Waals surface area contributed by atoms with Gasteiger partial charge in [0.05, 0.1) is 6.61 Å². The van der Waals surface area contributed by atoms with E-state index in [9.17, 15) is 5.11 Å². The third-order valence-corrected chi connectivity index (χ3v) is 4.31. The number of hydrogen-bond donors (Lipinski definition) is 2. The van der Waals surface area contributed by atoms with Crippen molar-refractivity contribution in [3.8, 4) is 0 Å². The SMILES string of the molecule is CCC(NC1(CO)CC1)C1CCCCC1. The zero-order valence-corrected chi connectivity index (χ0v) is 9.97. The molecule has 0 amide bonds. The summed E-state index contributed by atoms with van der Waals surface area (Å²) in [4.78, 5) is 0. The maximum Gasteiger partial charge on any atom is 0.0613 e. The lowest BCUT2D eigenvalue weighted by Crippen LogP contribution is -2.46. The summed E-state index contributed by atoms with van der Waals surface area (Å²) in [5.41, 5.74) is 0.123. The Balaban J connectivity index is 1.85. The van der Waals surface area contributed by atoms with Crippen molar-refractivity contribution in [3.63, 3.8) is 0 Å². The molecule has 0 bridgehead atoms. The predicted molar refractivity (Wildman–Crippen MR) is 62.8 cm³/mol. The third-order valence-electron chi connectivity index (χ3n) is 4.31. The van der Waals surface area contributed by atoms with Gasteiger partial charge in [0, 0.05) is 11.6 Å². The number of nitrogens with one attached hydrogen (secondary N) is 1. The van der Waals surface area contributed by atoms with Crippen molar-refractivity contribution in [2.24, 2.45) is 5.92 Å². The lowest BCUT2D eigenvalue weighted by Gasteiger charge is -2.33. The average molecular weight is 211 g/mol. The van der Waals surface area contributed by atoms with E-state index in [1.165, 1.54) is 51.4 Å². The van der Waals surface area contributed by atoms with Gasteiger partial charge in [-0.25, -0.2) is 0 Å². The molecule has 2 aliphatic carbocycles. The molecular weight excluding hydrogens is 186 g/mol. The Hall–Kier alpha value is -0.0800. The van der Waals surface area contributed by atoms with Gasteiger partial charge in [-0.15, -0.1) is 0 Å². The number of aliphatic hydroxyl groups excluding tert-OH is 1. The highest BCUT2D eigenvalue weighted by Gasteiger charge is 2.44. The van der Waals surface area contributed by atoms with Crippen LogP contribution >= 0.6 is 0 Å². The Morgan fingerprint density at radius 1 is 1.27 bits per heavy atom. The molecule has 2 N–H and O–H groups in total. The van der Waals surface area contributed by atoms with E-state index in [4.69, 9.17) is 0 Å². The summed E-state index contributed by atoms with van der Waals surface area (Å²) in [7, 11) is 0.